The molecule has 0 amide bonds. The lowest BCUT2D eigenvalue weighted by Crippen LogP contribution is -2.09. The molecule has 1 aromatic rings. The van der Waals surface area contributed by atoms with Crippen molar-refractivity contribution in [1.29, 1.82) is 0 Å². The number of rotatable bonds is 3. The van der Waals surface area contributed by atoms with Gasteiger partial charge in [-0.2, -0.15) is 0 Å². The Morgan fingerprint density at radius 3 is 2.86 bits per heavy atom. The van der Waals surface area contributed by atoms with Gasteiger partial charge in [-0.1, -0.05) is 19.1 Å². The van der Waals surface area contributed by atoms with Gasteiger partial charge in [0.25, 0.3) is 0 Å². The highest BCUT2D eigenvalue weighted by atomic mass is 16.5. The molecule has 0 bridgehead atoms. The smallest absolute Gasteiger partial charge is 0.308 e. The summed E-state index contributed by atoms with van der Waals surface area (Å²) in [4.78, 5) is 10.7. The van der Waals surface area contributed by atoms with Gasteiger partial charge < -0.3 is 10.5 Å². The molecule has 0 saturated heterocycles. The van der Waals surface area contributed by atoms with Crippen LogP contribution in [0.2, 0.25) is 0 Å². The number of carbonyl (C=O) groups excluding carboxylic acids is 1. The quantitative estimate of drug-likeness (QED) is 0.590. The van der Waals surface area contributed by atoms with E-state index in [1.54, 1.807) is 12.1 Å². The second-order valence-electron chi connectivity index (χ2n) is 3.18. The molecule has 1 aromatic carbocycles. The van der Waals surface area contributed by atoms with Crippen LogP contribution in [0.4, 0.5) is 0 Å². The lowest BCUT2D eigenvalue weighted by atomic mass is 10.1. The summed E-state index contributed by atoms with van der Waals surface area (Å²) in [6.07, 6.45) is 0.865. The maximum Gasteiger partial charge on any atom is 0.308 e. The van der Waals surface area contributed by atoms with Crippen LogP contribution in [-0.2, 0) is 4.79 Å². The van der Waals surface area contributed by atoms with Crippen LogP contribution in [0.1, 0.15) is 31.9 Å². The van der Waals surface area contributed by atoms with E-state index in [0.29, 0.717) is 5.75 Å². The lowest BCUT2D eigenvalue weighted by molar-refractivity contribution is -0.131. The minimum Gasteiger partial charge on any atom is -0.427 e. The molecule has 1 rings (SSSR count). The van der Waals surface area contributed by atoms with E-state index in [1.807, 2.05) is 19.1 Å². The maximum atomic E-state index is 10.7. The van der Waals surface area contributed by atoms with Crippen LogP contribution < -0.4 is 10.5 Å². The first kappa shape index (κ1) is 10.7. The standard InChI is InChI=1S/C11H15NO2/c1-3-11(12)9-5-4-6-10(7-9)14-8(2)13/h4-7,11H,3,12H2,1-2H3/t11-/m0/s1. The van der Waals surface area contributed by atoms with Gasteiger partial charge in [0, 0.05) is 13.0 Å². The van der Waals surface area contributed by atoms with Crippen molar-refractivity contribution in [2.24, 2.45) is 5.73 Å². The van der Waals surface area contributed by atoms with Crippen molar-refractivity contribution < 1.29 is 9.53 Å². The topological polar surface area (TPSA) is 52.3 Å². The summed E-state index contributed by atoms with van der Waals surface area (Å²) in [7, 11) is 0. The van der Waals surface area contributed by atoms with E-state index in [-0.39, 0.29) is 12.0 Å². The molecule has 0 saturated carbocycles. The first-order chi connectivity index (χ1) is 6.63. The number of esters is 1. The molecule has 2 N–H and O–H groups in total. The van der Waals surface area contributed by atoms with Crippen LogP contribution in [0.3, 0.4) is 0 Å². The molecule has 0 aliphatic heterocycles. The Morgan fingerprint density at radius 2 is 2.29 bits per heavy atom. The van der Waals surface area contributed by atoms with Crippen molar-refractivity contribution in [2.45, 2.75) is 26.3 Å². The summed E-state index contributed by atoms with van der Waals surface area (Å²) in [5, 5.41) is 0. The first-order valence-electron chi connectivity index (χ1n) is 4.67. The van der Waals surface area contributed by atoms with Gasteiger partial charge in [-0.3, -0.25) is 4.79 Å². The lowest BCUT2D eigenvalue weighted by Gasteiger charge is -2.10. The van der Waals surface area contributed by atoms with Gasteiger partial charge in [0.05, 0.1) is 0 Å². The Bertz CT molecular complexity index is 323. The third-order valence-corrected chi connectivity index (χ3v) is 1.99. The molecule has 0 aromatic heterocycles. The second kappa shape index (κ2) is 4.77. The predicted octanol–water partition coefficient (Wildman–Crippen LogP) is 2.02. The zero-order valence-electron chi connectivity index (χ0n) is 8.49. The number of ether oxygens (including phenoxy) is 1. The number of hydrogen-bond donors (Lipinski definition) is 1. The second-order valence-corrected chi connectivity index (χ2v) is 3.18. The number of hydrogen-bond acceptors (Lipinski definition) is 3. The molecular formula is C11H15NO2. The van der Waals surface area contributed by atoms with E-state index < -0.39 is 0 Å². The molecule has 3 nitrogen and oxygen atoms in total. The van der Waals surface area contributed by atoms with E-state index in [4.69, 9.17) is 10.5 Å². The summed E-state index contributed by atoms with van der Waals surface area (Å²) in [6, 6.07) is 7.32. The van der Waals surface area contributed by atoms with Crippen molar-refractivity contribution in [1.82, 2.24) is 0 Å². The minimum absolute atomic E-state index is 0.00510. The van der Waals surface area contributed by atoms with E-state index in [0.717, 1.165) is 12.0 Å². The fraction of sp³-hybridized carbons (Fsp3) is 0.364. The first-order valence-corrected chi connectivity index (χ1v) is 4.67. The highest BCUT2D eigenvalue weighted by Gasteiger charge is 2.05. The Hall–Kier alpha value is -1.35. The molecule has 0 heterocycles. The summed E-state index contributed by atoms with van der Waals surface area (Å²) in [6.45, 7) is 3.40. The van der Waals surface area contributed by atoms with Gasteiger partial charge in [0.1, 0.15) is 5.75 Å². The Balaban J connectivity index is 2.83. The van der Waals surface area contributed by atoms with Gasteiger partial charge in [0.15, 0.2) is 0 Å². The van der Waals surface area contributed by atoms with Gasteiger partial charge in [-0.05, 0) is 24.1 Å². The fourth-order valence-corrected chi connectivity index (χ4v) is 1.21. The molecule has 76 valence electrons. The molecular weight excluding hydrogens is 178 g/mol. The largest absolute Gasteiger partial charge is 0.427 e. The predicted molar refractivity (Wildman–Crippen MR) is 55.0 cm³/mol. The van der Waals surface area contributed by atoms with Crippen molar-refractivity contribution in [3.8, 4) is 5.75 Å². The van der Waals surface area contributed by atoms with Crippen molar-refractivity contribution in [2.75, 3.05) is 0 Å². The van der Waals surface area contributed by atoms with Crippen molar-refractivity contribution in [3.05, 3.63) is 29.8 Å². The third-order valence-electron chi connectivity index (χ3n) is 1.99. The van der Waals surface area contributed by atoms with Crippen LogP contribution >= 0.6 is 0 Å². The van der Waals surface area contributed by atoms with Crippen molar-refractivity contribution in [3.63, 3.8) is 0 Å². The highest BCUT2D eigenvalue weighted by molar-refractivity contribution is 5.69. The van der Waals surface area contributed by atoms with Gasteiger partial charge >= 0.3 is 5.97 Å². The fourth-order valence-electron chi connectivity index (χ4n) is 1.21. The van der Waals surface area contributed by atoms with E-state index in [1.165, 1.54) is 6.92 Å². The van der Waals surface area contributed by atoms with E-state index >= 15 is 0 Å². The molecule has 0 unspecified atom stereocenters. The summed E-state index contributed by atoms with van der Waals surface area (Å²) < 4.78 is 4.96. The molecule has 0 aliphatic rings. The van der Waals surface area contributed by atoms with Crippen LogP contribution in [0.15, 0.2) is 24.3 Å². The van der Waals surface area contributed by atoms with E-state index in [2.05, 4.69) is 0 Å². The molecule has 1 atom stereocenters. The van der Waals surface area contributed by atoms with Crippen LogP contribution in [-0.4, -0.2) is 5.97 Å². The summed E-state index contributed by atoms with van der Waals surface area (Å²) in [5.41, 5.74) is 6.85. The zero-order valence-corrected chi connectivity index (χ0v) is 8.49. The SMILES string of the molecule is CC[C@H](N)c1cccc(OC(C)=O)c1. The number of carbonyl (C=O) groups is 1. The van der Waals surface area contributed by atoms with Crippen LogP contribution in [0, 0.1) is 0 Å². The highest BCUT2D eigenvalue weighted by Crippen LogP contribution is 2.19. The molecule has 3 heteroatoms. The van der Waals surface area contributed by atoms with Gasteiger partial charge in [0.2, 0.25) is 0 Å². The van der Waals surface area contributed by atoms with Gasteiger partial charge in [-0.25, -0.2) is 0 Å². The average molecular weight is 193 g/mol. The van der Waals surface area contributed by atoms with Crippen LogP contribution in [0.5, 0.6) is 5.75 Å². The average Bonchev–Trinajstić information content (AvgIpc) is 2.16. The Labute approximate surface area is 83.9 Å². The van der Waals surface area contributed by atoms with Crippen molar-refractivity contribution >= 4 is 5.97 Å². The molecule has 0 aliphatic carbocycles. The molecule has 14 heavy (non-hydrogen) atoms. The molecule has 0 radical (unpaired) electrons. The molecule has 0 fully saturated rings. The van der Waals surface area contributed by atoms with Gasteiger partial charge in [-0.15, -0.1) is 0 Å². The Morgan fingerprint density at radius 1 is 1.57 bits per heavy atom. The Kier molecular flexibility index (Phi) is 3.65. The van der Waals surface area contributed by atoms with Crippen LogP contribution in [0.25, 0.3) is 0 Å². The number of benzene rings is 1. The summed E-state index contributed by atoms with van der Waals surface area (Å²) >= 11 is 0. The molecule has 0 spiro atoms. The number of nitrogens with two attached hydrogens (primary N) is 1. The monoisotopic (exact) mass is 193 g/mol. The summed E-state index contributed by atoms with van der Waals surface area (Å²) in [5.74, 6) is 0.242. The third kappa shape index (κ3) is 2.85. The zero-order chi connectivity index (χ0) is 10.6. The normalized spacial score (nSPS) is 12.2. The van der Waals surface area contributed by atoms with E-state index in [9.17, 15) is 4.79 Å². The maximum absolute atomic E-state index is 10.7. The minimum atomic E-state index is -0.313.